The molecular weight excluding hydrogens is 454 g/mol. The monoisotopic (exact) mass is 481 g/mol. The minimum Gasteiger partial charge on any atom is -0.492 e. The molecular formula is C28H27N5O3. The predicted octanol–water partition coefficient (Wildman–Crippen LogP) is 5.46. The molecule has 8 heteroatoms. The lowest BCUT2D eigenvalue weighted by molar-refractivity contribution is -0.111. The zero-order valence-corrected chi connectivity index (χ0v) is 20.3. The molecule has 0 saturated heterocycles. The Kier molecular flexibility index (Phi) is 7.61. The van der Waals surface area contributed by atoms with E-state index in [1.807, 2.05) is 38.1 Å². The Morgan fingerprint density at radius 2 is 2.11 bits per heavy atom. The number of amides is 1. The van der Waals surface area contributed by atoms with Gasteiger partial charge in [-0.1, -0.05) is 12.7 Å². The first-order valence-corrected chi connectivity index (χ1v) is 11.7. The van der Waals surface area contributed by atoms with E-state index in [9.17, 15) is 10.1 Å². The Bertz CT molecular complexity index is 1420. The average Bonchev–Trinajstić information content (AvgIpc) is 2.89. The first-order chi connectivity index (χ1) is 17.5. The third-order valence-corrected chi connectivity index (χ3v) is 5.57. The highest BCUT2D eigenvalue weighted by molar-refractivity contribution is 6.04. The number of hydrogen-bond acceptors (Lipinski definition) is 7. The molecule has 8 nitrogen and oxygen atoms in total. The number of anilines is 3. The van der Waals surface area contributed by atoms with Crippen LogP contribution >= 0.6 is 0 Å². The summed E-state index contributed by atoms with van der Waals surface area (Å²) in [7, 11) is 0. The van der Waals surface area contributed by atoms with Gasteiger partial charge in [0.1, 0.15) is 24.2 Å². The lowest BCUT2D eigenvalue weighted by Gasteiger charge is -2.17. The smallest absolute Gasteiger partial charge is 0.247 e. The topological polar surface area (TPSA) is 109 Å². The van der Waals surface area contributed by atoms with Gasteiger partial charge in [0.05, 0.1) is 34.8 Å². The number of fused-ring (bicyclic) bond motifs is 1. The van der Waals surface area contributed by atoms with Crippen LogP contribution in [0.15, 0.2) is 66.3 Å². The van der Waals surface area contributed by atoms with Crippen LogP contribution in [0.3, 0.4) is 0 Å². The van der Waals surface area contributed by atoms with Gasteiger partial charge in [-0.05, 0) is 62.2 Å². The predicted molar refractivity (Wildman–Crippen MR) is 142 cm³/mol. The third kappa shape index (κ3) is 5.53. The molecule has 0 spiro atoms. The van der Waals surface area contributed by atoms with Gasteiger partial charge in [-0.25, -0.2) is 0 Å². The highest BCUT2D eigenvalue weighted by Gasteiger charge is 2.15. The van der Waals surface area contributed by atoms with Crippen LogP contribution in [0.25, 0.3) is 10.9 Å². The van der Waals surface area contributed by atoms with E-state index in [4.69, 9.17) is 9.47 Å². The molecule has 36 heavy (non-hydrogen) atoms. The summed E-state index contributed by atoms with van der Waals surface area (Å²) in [5.41, 5.74) is 4.68. The van der Waals surface area contributed by atoms with E-state index in [1.54, 1.807) is 12.1 Å². The molecule has 0 atom stereocenters. The van der Waals surface area contributed by atoms with E-state index in [2.05, 4.69) is 39.3 Å². The van der Waals surface area contributed by atoms with E-state index >= 15 is 0 Å². The first kappa shape index (κ1) is 24.5. The van der Waals surface area contributed by atoms with E-state index in [0.29, 0.717) is 46.8 Å². The van der Waals surface area contributed by atoms with Crippen molar-refractivity contribution in [2.24, 2.45) is 4.99 Å². The molecule has 0 saturated carbocycles. The fraction of sp³-hybridized carbons (Fsp3) is 0.214. The molecule has 2 heterocycles. The third-order valence-electron chi connectivity index (χ3n) is 5.57. The molecule has 0 radical (unpaired) electrons. The van der Waals surface area contributed by atoms with E-state index in [0.717, 1.165) is 35.7 Å². The Morgan fingerprint density at radius 3 is 2.81 bits per heavy atom. The zero-order chi connectivity index (χ0) is 25.5. The molecule has 2 aromatic carbocycles. The number of nitrogens with zero attached hydrogens (tertiary/aromatic N) is 3. The van der Waals surface area contributed by atoms with Gasteiger partial charge in [-0.15, -0.1) is 0 Å². The number of nitriles is 1. The Hall–Kier alpha value is -4.64. The second-order valence-electron chi connectivity index (χ2n) is 8.11. The van der Waals surface area contributed by atoms with Gasteiger partial charge >= 0.3 is 0 Å². The lowest BCUT2D eigenvalue weighted by Crippen LogP contribution is -2.12. The van der Waals surface area contributed by atoms with Gasteiger partial charge in [0.25, 0.3) is 0 Å². The number of carbonyl (C=O) groups is 1. The summed E-state index contributed by atoms with van der Waals surface area (Å²) in [4.78, 5) is 20.9. The number of rotatable bonds is 9. The lowest BCUT2D eigenvalue weighted by atomic mass is 10.1. The van der Waals surface area contributed by atoms with Crippen molar-refractivity contribution in [2.45, 2.75) is 20.3 Å². The van der Waals surface area contributed by atoms with Crippen molar-refractivity contribution < 1.29 is 14.3 Å². The largest absolute Gasteiger partial charge is 0.492 e. The fourth-order valence-corrected chi connectivity index (χ4v) is 3.83. The zero-order valence-electron chi connectivity index (χ0n) is 20.3. The minimum absolute atomic E-state index is 0.366. The molecule has 2 N–H and O–H groups in total. The summed E-state index contributed by atoms with van der Waals surface area (Å²) in [6, 6.07) is 11.4. The van der Waals surface area contributed by atoms with E-state index < -0.39 is 0 Å². The van der Waals surface area contributed by atoms with Crippen LogP contribution in [0, 0.1) is 18.3 Å². The highest BCUT2D eigenvalue weighted by atomic mass is 16.5. The number of nitrogens with one attached hydrogen (secondary N) is 2. The molecule has 0 bridgehead atoms. The Morgan fingerprint density at radius 1 is 1.25 bits per heavy atom. The molecule has 4 rings (SSSR count). The summed E-state index contributed by atoms with van der Waals surface area (Å²) in [5, 5.41) is 16.6. The molecule has 1 amide bonds. The summed E-state index contributed by atoms with van der Waals surface area (Å²) in [6.45, 7) is 8.96. The molecule has 182 valence electrons. The summed E-state index contributed by atoms with van der Waals surface area (Å²) >= 11 is 0. The van der Waals surface area contributed by atoms with Crippen LogP contribution < -0.4 is 20.1 Å². The Labute approximate surface area is 210 Å². The quantitative estimate of drug-likeness (QED) is 0.393. The average molecular weight is 482 g/mol. The standard InChI is InChI=1S/C28H27N5O3/c1-4-27(34)33-24-13-22-23(14-26(24)35-5-2)31-16-19(15-29)28(22)32-20-9-10-25(18(3)12-20)36-17-21-8-6-7-11-30-21/h4,6,8-10,12-14,16H,1,5,7,11,17H2,2-3H3,(H,31,32)(H,33,34). The number of pyridine rings is 1. The molecule has 1 aliphatic heterocycles. The second-order valence-corrected chi connectivity index (χ2v) is 8.11. The maximum atomic E-state index is 12.0. The normalized spacial score (nSPS) is 12.4. The van der Waals surface area contributed by atoms with Gasteiger partial charge in [0.2, 0.25) is 5.91 Å². The van der Waals surface area contributed by atoms with Crippen molar-refractivity contribution in [1.82, 2.24) is 4.98 Å². The number of aryl methyl sites for hydroxylation is 1. The van der Waals surface area contributed by atoms with E-state index in [1.165, 1.54) is 12.3 Å². The molecule has 3 aromatic rings. The van der Waals surface area contributed by atoms with Crippen molar-refractivity contribution in [3.05, 3.63) is 72.5 Å². The summed E-state index contributed by atoms with van der Waals surface area (Å²) < 4.78 is 11.7. The van der Waals surface area contributed by atoms with Gasteiger partial charge in [-0.3, -0.25) is 14.8 Å². The van der Waals surface area contributed by atoms with Gasteiger partial charge in [-0.2, -0.15) is 5.26 Å². The van der Waals surface area contributed by atoms with Crippen LogP contribution in [0.4, 0.5) is 17.1 Å². The van der Waals surface area contributed by atoms with Gasteiger partial charge < -0.3 is 20.1 Å². The number of carbonyl (C=O) groups excluding carboxylic acids is 1. The maximum absolute atomic E-state index is 12.0. The van der Waals surface area contributed by atoms with Crippen LogP contribution in [0.2, 0.25) is 0 Å². The molecule has 1 aromatic heterocycles. The molecule has 0 aliphatic carbocycles. The number of hydrogen-bond donors (Lipinski definition) is 2. The number of ether oxygens (including phenoxy) is 2. The highest BCUT2D eigenvalue weighted by Crippen LogP contribution is 2.36. The summed E-state index contributed by atoms with van der Waals surface area (Å²) in [5.74, 6) is 0.881. The van der Waals surface area contributed by atoms with Gasteiger partial charge in [0, 0.05) is 29.9 Å². The van der Waals surface area contributed by atoms with Crippen molar-refractivity contribution in [3.8, 4) is 17.6 Å². The molecule has 0 fully saturated rings. The number of aromatic nitrogens is 1. The fourth-order valence-electron chi connectivity index (χ4n) is 3.83. The van der Waals surface area contributed by atoms with Crippen LogP contribution in [0.1, 0.15) is 24.5 Å². The maximum Gasteiger partial charge on any atom is 0.247 e. The SMILES string of the molecule is C=CC(=O)Nc1cc2c(Nc3ccc(OCC4=NCCC=C4)c(C)c3)c(C#N)cnc2cc1OCC. The van der Waals surface area contributed by atoms with E-state index in [-0.39, 0.29) is 5.91 Å². The van der Waals surface area contributed by atoms with Crippen molar-refractivity contribution in [2.75, 3.05) is 30.4 Å². The van der Waals surface area contributed by atoms with Crippen LogP contribution in [-0.2, 0) is 4.79 Å². The number of dihydropyridines is 1. The van der Waals surface area contributed by atoms with Gasteiger partial charge in [0.15, 0.2) is 0 Å². The second kappa shape index (κ2) is 11.2. The van der Waals surface area contributed by atoms with Crippen molar-refractivity contribution in [3.63, 3.8) is 0 Å². The van der Waals surface area contributed by atoms with Crippen LogP contribution in [0.5, 0.6) is 11.5 Å². The minimum atomic E-state index is -0.366. The van der Waals surface area contributed by atoms with Crippen molar-refractivity contribution in [1.29, 1.82) is 5.26 Å². The number of aliphatic imine (C=N–C) groups is 1. The summed E-state index contributed by atoms with van der Waals surface area (Å²) in [6.07, 6.45) is 7.77. The first-order valence-electron chi connectivity index (χ1n) is 11.7. The van der Waals surface area contributed by atoms with Crippen molar-refractivity contribution >= 4 is 39.6 Å². The molecule has 0 unspecified atom stereocenters. The molecule has 1 aliphatic rings. The number of benzene rings is 2. The Balaban J connectivity index is 1.67. The van der Waals surface area contributed by atoms with Crippen LogP contribution in [-0.4, -0.2) is 36.4 Å².